The minimum Gasteiger partial charge on any atom is -0.481 e. The van der Waals surface area contributed by atoms with Gasteiger partial charge in [-0.2, -0.15) is 0 Å². The van der Waals surface area contributed by atoms with Gasteiger partial charge in [0.15, 0.2) is 0 Å². The minimum atomic E-state index is -0.999. The van der Waals surface area contributed by atoms with Gasteiger partial charge in [0.2, 0.25) is 5.91 Å². The van der Waals surface area contributed by atoms with Crippen LogP contribution < -0.4 is 5.32 Å². The van der Waals surface area contributed by atoms with E-state index in [9.17, 15) is 9.59 Å². The van der Waals surface area contributed by atoms with E-state index in [1.165, 1.54) is 0 Å². The number of hydrogen-bond acceptors (Lipinski definition) is 2. The molecule has 0 aliphatic carbocycles. The summed E-state index contributed by atoms with van der Waals surface area (Å²) in [6.07, 6.45) is 0.0133. The molecule has 0 rings (SSSR count). The van der Waals surface area contributed by atoms with Crippen molar-refractivity contribution < 1.29 is 14.7 Å². The van der Waals surface area contributed by atoms with Gasteiger partial charge in [-0.05, 0) is 26.7 Å². The molecule has 0 saturated heterocycles. The summed E-state index contributed by atoms with van der Waals surface area (Å²) in [5.74, 6) is -0.805. The van der Waals surface area contributed by atoms with E-state index in [-0.39, 0.29) is 18.4 Å². The number of amides is 1. The quantitative estimate of drug-likeness (QED) is 0.732. The van der Waals surface area contributed by atoms with Crippen LogP contribution in [0.5, 0.6) is 0 Å². The fourth-order valence-corrected chi connectivity index (χ4v) is 0.949. The van der Waals surface area contributed by atoms with E-state index < -0.39 is 11.4 Å². The van der Waals surface area contributed by atoms with Crippen LogP contribution in [0, 0.1) is 11.3 Å². The molecule has 0 heterocycles. The number of carboxylic acids is 1. The average molecular weight is 215 g/mol. The number of aliphatic carboxylic acids is 1. The Bertz CT molecular complexity index is 246. The lowest BCUT2D eigenvalue weighted by atomic mass is 9.89. The first-order valence-electron chi connectivity index (χ1n) is 5.19. The summed E-state index contributed by atoms with van der Waals surface area (Å²) in [4.78, 5) is 22.3. The lowest BCUT2D eigenvalue weighted by Gasteiger charge is -2.22. The molecule has 0 aromatic heterocycles. The van der Waals surface area contributed by atoms with Crippen LogP contribution in [0.25, 0.3) is 0 Å². The maximum atomic E-state index is 11.5. The molecule has 0 saturated carbocycles. The smallest absolute Gasteiger partial charge is 0.309 e. The Morgan fingerprint density at radius 2 is 1.73 bits per heavy atom. The van der Waals surface area contributed by atoms with E-state index in [0.717, 1.165) is 0 Å². The van der Waals surface area contributed by atoms with E-state index in [1.807, 2.05) is 20.8 Å². The third-order valence-corrected chi connectivity index (χ3v) is 2.57. The van der Waals surface area contributed by atoms with Gasteiger partial charge in [-0.3, -0.25) is 9.59 Å². The Labute approximate surface area is 91.1 Å². The molecule has 0 radical (unpaired) electrons. The van der Waals surface area contributed by atoms with Crippen LogP contribution in [0.4, 0.5) is 0 Å². The number of carbonyl (C=O) groups excluding carboxylic acids is 1. The Hall–Kier alpha value is -1.06. The average Bonchev–Trinajstić information content (AvgIpc) is 2.01. The second-order valence-electron chi connectivity index (χ2n) is 4.97. The van der Waals surface area contributed by atoms with E-state index in [4.69, 9.17) is 5.11 Å². The third-order valence-electron chi connectivity index (χ3n) is 2.57. The highest BCUT2D eigenvalue weighted by Gasteiger charge is 2.30. The van der Waals surface area contributed by atoms with Crippen molar-refractivity contribution in [2.24, 2.45) is 11.3 Å². The highest BCUT2D eigenvalue weighted by atomic mass is 16.4. The monoisotopic (exact) mass is 215 g/mol. The number of nitrogens with one attached hydrogen (secondary N) is 1. The van der Waals surface area contributed by atoms with Crippen molar-refractivity contribution in [2.75, 3.05) is 0 Å². The van der Waals surface area contributed by atoms with Gasteiger partial charge in [0, 0.05) is 12.5 Å². The molecule has 0 aromatic carbocycles. The van der Waals surface area contributed by atoms with E-state index >= 15 is 0 Å². The van der Waals surface area contributed by atoms with Crippen molar-refractivity contribution in [3.8, 4) is 0 Å². The van der Waals surface area contributed by atoms with Gasteiger partial charge >= 0.3 is 5.97 Å². The highest BCUT2D eigenvalue weighted by Crippen LogP contribution is 2.20. The summed E-state index contributed by atoms with van der Waals surface area (Å²) in [7, 11) is 0. The molecule has 4 heteroatoms. The molecule has 0 bridgehead atoms. The van der Waals surface area contributed by atoms with Gasteiger partial charge in [-0.1, -0.05) is 13.8 Å². The normalized spacial score (nSPS) is 13.7. The van der Waals surface area contributed by atoms with Crippen molar-refractivity contribution in [2.45, 2.75) is 47.1 Å². The summed E-state index contributed by atoms with van der Waals surface area (Å²) < 4.78 is 0. The predicted molar refractivity (Wildman–Crippen MR) is 58.5 cm³/mol. The van der Waals surface area contributed by atoms with E-state index in [1.54, 1.807) is 13.8 Å². The van der Waals surface area contributed by atoms with Crippen molar-refractivity contribution in [1.82, 2.24) is 5.32 Å². The van der Waals surface area contributed by atoms with Crippen LogP contribution in [0.1, 0.15) is 41.0 Å². The largest absolute Gasteiger partial charge is 0.481 e. The molecule has 0 spiro atoms. The molecule has 88 valence electrons. The highest BCUT2D eigenvalue weighted by molar-refractivity contribution is 5.84. The maximum Gasteiger partial charge on any atom is 0.309 e. The lowest BCUT2D eigenvalue weighted by molar-refractivity contribution is -0.149. The molecular weight excluding hydrogens is 194 g/mol. The Morgan fingerprint density at radius 1 is 1.27 bits per heavy atom. The summed E-state index contributed by atoms with van der Waals surface area (Å²) >= 11 is 0. The van der Waals surface area contributed by atoms with E-state index in [2.05, 4.69) is 5.32 Å². The van der Waals surface area contributed by atoms with Crippen molar-refractivity contribution >= 4 is 11.9 Å². The first kappa shape index (κ1) is 13.9. The van der Waals surface area contributed by atoms with Gasteiger partial charge in [-0.15, -0.1) is 0 Å². The van der Waals surface area contributed by atoms with Gasteiger partial charge in [0.05, 0.1) is 5.41 Å². The molecule has 1 amide bonds. The Kier molecular flexibility index (Phi) is 4.78. The predicted octanol–water partition coefficient (Wildman–Crippen LogP) is 1.65. The fraction of sp³-hybridized carbons (Fsp3) is 0.818. The summed E-state index contributed by atoms with van der Waals surface area (Å²) in [5.41, 5.74) is -0.999. The van der Waals surface area contributed by atoms with Gasteiger partial charge in [-0.25, -0.2) is 0 Å². The van der Waals surface area contributed by atoms with Crippen LogP contribution in [0.2, 0.25) is 0 Å². The van der Waals surface area contributed by atoms with Gasteiger partial charge < -0.3 is 10.4 Å². The second-order valence-corrected chi connectivity index (χ2v) is 4.97. The van der Waals surface area contributed by atoms with Crippen LogP contribution in [-0.4, -0.2) is 23.0 Å². The van der Waals surface area contributed by atoms with Crippen LogP contribution in [0.3, 0.4) is 0 Å². The van der Waals surface area contributed by atoms with Gasteiger partial charge in [0.25, 0.3) is 0 Å². The summed E-state index contributed by atoms with van der Waals surface area (Å²) in [6.45, 7) is 9.03. The first-order valence-corrected chi connectivity index (χ1v) is 5.19. The molecule has 4 nitrogen and oxygen atoms in total. The number of carbonyl (C=O) groups is 2. The van der Waals surface area contributed by atoms with Crippen molar-refractivity contribution in [3.05, 3.63) is 0 Å². The molecule has 0 fully saturated rings. The minimum absolute atomic E-state index is 0.0133. The van der Waals surface area contributed by atoms with Crippen LogP contribution in [-0.2, 0) is 9.59 Å². The molecule has 0 aliphatic rings. The topological polar surface area (TPSA) is 66.4 Å². The second kappa shape index (κ2) is 5.14. The third kappa shape index (κ3) is 4.81. The number of hydrogen-bond donors (Lipinski definition) is 2. The van der Waals surface area contributed by atoms with E-state index in [0.29, 0.717) is 5.92 Å². The molecule has 15 heavy (non-hydrogen) atoms. The first-order chi connectivity index (χ1) is 6.66. The number of carboxylic acid groups (broad SMARTS) is 1. The molecule has 0 aliphatic heterocycles. The molecule has 0 unspecified atom stereocenters. The number of rotatable bonds is 5. The van der Waals surface area contributed by atoms with Crippen LogP contribution in [0.15, 0.2) is 0 Å². The Balaban J connectivity index is 4.21. The standard InChI is InChI=1S/C11H21NO3/c1-7(2)8(3)12-9(13)6-11(4,5)10(14)15/h7-8H,6H2,1-5H3,(H,12,13)(H,14,15)/t8-/m1/s1. The Morgan fingerprint density at radius 3 is 2.07 bits per heavy atom. The zero-order valence-corrected chi connectivity index (χ0v) is 10.1. The fourth-order valence-electron chi connectivity index (χ4n) is 0.949. The summed E-state index contributed by atoms with van der Waals surface area (Å²) in [5, 5.41) is 11.6. The van der Waals surface area contributed by atoms with Crippen LogP contribution >= 0.6 is 0 Å². The van der Waals surface area contributed by atoms with Crippen molar-refractivity contribution in [1.29, 1.82) is 0 Å². The zero-order valence-electron chi connectivity index (χ0n) is 10.1. The molecule has 1 atom stereocenters. The van der Waals surface area contributed by atoms with Crippen molar-refractivity contribution in [3.63, 3.8) is 0 Å². The zero-order chi connectivity index (χ0) is 12.2. The SMILES string of the molecule is CC(C)[C@@H](C)NC(=O)CC(C)(C)C(=O)O. The molecular formula is C11H21NO3. The molecule has 2 N–H and O–H groups in total. The lowest BCUT2D eigenvalue weighted by Crippen LogP contribution is -2.39. The maximum absolute atomic E-state index is 11.5. The summed E-state index contributed by atoms with van der Waals surface area (Å²) in [6, 6.07) is 0.0714. The van der Waals surface area contributed by atoms with Gasteiger partial charge in [0.1, 0.15) is 0 Å². The molecule has 0 aromatic rings.